The summed E-state index contributed by atoms with van der Waals surface area (Å²) in [6, 6.07) is 12.9. The van der Waals surface area contributed by atoms with Crippen LogP contribution in [0.4, 0.5) is 5.69 Å². The molecular formula is C15H17N3O. The Bertz CT molecular complexity index is 554. The van der Waals surface area contributed by atoms with Crippen molar-refractivity contribution in [2.24, 2.45) is 5.73 Å². The predicted octanol–water partition coefficient (Wildman–Crippen LogP) is 2.42. The van der Waals surface area contributed by atoms with Gasteiger partial charge in [-0.25, -0.2) is 0 Å². The van der Waals surface area contributed by atoms with Gasteiger partial charge in [-0.2, -0.15) is 0 Å². The van der Waals surface area contributed by atoms with Crippen molar-refractivity contribution in [3.63, 3.8) is 0 Å². The number of hydrogen-bond donors (Lipinski definition) is 2. The van der Waals surface area contributed by atoms with Crippen molar-refractivity contribution in [2.75, 3.05) is 5.32 Å². The molecule has 19 heavy (non-hydrogen) atoms. The maximum Gasteiger partial charge on any atom is 0.226 e. The van der Waals surface area contributed by atoms with Gasteiger partial charge in [0.25, 0.3) is 0 Å². The van der Waals surface area contributed by atoms with Crippen molar-refractivity contribution in [1.29, 1.82) is 0 Å². The molecule has 1 aromatic heterocycles. The van der Waals surface area contributed by atoms with Gasteiger partial charge in [0.1, 0.15) is 0 Å². The number of nitrogens with one attached hydrogen (secondary N) is 1. The third-order valence-corrected chi connectivity index (χ3v) is 2.91. The van der Waals surface area contributed by atoms with Crippen LogP contribution in [0.1, 0.15) is 23.7 Å². The van der Waals surface area contributed by atoms with Crippen molar-refractivity contribution in [1.82, 2.24) is 4.98 Å². The second kappa shape index (κ2) is 6.11. The Hall–Kier alpha value is -2.20. The molecule has 4 heteroatoms. The lowest BCUT2D eigenvalue weighted by Crippen LogP contribution is -2.21. The van der Waals surface area contributed by atoms with Crippen LogP contribution in [0.3, 0.4) is 0 Å². The third kappa shape index (κ3) is 3.63. The molecule has 3 N–H and O–H groups in total. The van der Waals surface area contributed by atoms with Crippen molar-refractivity contribution in [3.8, 4) is 0 Å². The van der Waals surface area contributed by atoms with Crippen LogP contribution in [-0.2, 0) is 4.79 Å². The van der Waals surface area contributed by atoms with Crippen LogP contribution in [-0.4, -0.2) is 10.9 Å². The number of nitrogens with zero attached hydrogens (tertiary/aromatic N) is 1. The molecular weight excluding hydrogens is 238 g/mol. The smallest absolute Gasteiger partial charge is 0.226 e. The quantitative estimate of drug-likeness (QED) is 0.881. The Morgan fingerprint density at radius 1 is 1.26 bits per heavy atom. The molecule has 0 fully saturated rings. The van der Waals surface area contributed by atoms with E-state index in [1.165, 1.54) is 0 Å². The molecule has 1 atom stereocenters. The third-order valence-electron chi connectivity index (χ3n) is 2.91. The minimum atomic E-state index is -0.293. The number of nitrogens with two attached hydrogens (primary N) is 1. The van der Waals surface area contributed by atoms with E-state index in [-0.39, 0.29) is 18.4 Å². The standard InChI is InChI=1S/C15H17N3O/c1-11-14(8-5-9-17-11)18-15(19)10-13(16)12-6-3-2-4-7-12/h2-9,13H,10,16H2,1H3,(H,18,19). The lowest BCUT2D eigenvalue weighted by molar-refractivity contribution is -0.116. The van der Waals surface area contributed by atoms with E-state index in [0.29, 0.717) is 0 Å². The van der Waals surface area contributed by atoms with Crippen LogP contribution in [0.2, 0.25) is 0 Å². The molecule has 2 rings (SSSR count). The van der Waals surface area contributed by atoms with Crippen LogP contribution in [0.15, 0.2) is 48.7 Å². The van der Waals surface area contributed by atoms with Gasteiger partial charge in [-0.05, 0) is 24.6 Å². The van der Waals surface area contributed by atoms with Crippen LogP contribution in [0, 0.1) is 6.92 Å². The van der Waals surface area contributed by atoms with Crippen molar-refractivity contribution in [2.45, 2.75) is 19.4 Å². The predicted molar refractivity (Wildman–Crippen MR) is 75.6 cm³/mol. The molecule has 0 saturated carbocycles. The molecule has 0 aliphatic rings. The first-order chi connectivity index (χ1) is 9.16. The summed E-state index contributed by atoms with van der Waals surface area (Å²) in [5.74, 6) is -0.104. The minimum absolute atomic E-state index is 0.104. The van der Waals surface area contributed by atoms with E-state index < -0.39 is 0 Å². The van der Waals surface area contributed by atoms with E-state index in [1.54, 1.807) is 12.3 Å². The number of benzene rings is 1. The summed E-state index contributed by atoms with van der Waals surface area (Å²) in [6.45, 7) is 1.85. The SMILES string of the molecule is Cc1ncccc1NC(=O)CC(N)c1ccccc1. The van der Waals surface area contributed by atoms with E-state index in [4.69, 9.17) is 5.73 Å². The molecule has 0 aliphatic heterocycles. The van der Waals surface area contributed by atoms with E-state index in [9.17, 15) is 4.79 Å². The fraction of sp³-hybridized carbons (Fsp3) is 0.200. The Morgan fingerprint density at radius 3 is 2.68 bits per heavy atom. The second-order valence-corrected chi connectivity index (χ2v) is 4.41. The number of carbonyl (C=O) groups is 1. The zero-order valence-corrected chi connectivity index (χ0v) is 10.8. The van der Waals surface area contributed by atoms with Crippen LogP contribution >= 0.6 is 0 Å². The maximum atomic E-state index is 11.9. The van der Waals surface area contributed by atoms with Gasteiger partial charge in [-0.15, -0.1) is 0 Å². The van der Waals surface area contributed by atoms with Gasteiger partial charge in [0.05, 0.1) is 11.4 Å². The average molecular weight is 255 g/mol. The van der Waals surface area contributed by atoms with E-state index >= 15 is 0 Å². The number of anilines is 1. The lowest BCUT2D eigenvalue weighted by atomic mass is 10.0. The Morgan fingerprint density at radius 2 is 2.00 bits per heavy atom. The Kier molecular flexibility index (Phi) is 4.26. The van der Waals surface area contributed by atoms with Crippen molar-refractivity contribution >= 4 is 11.6 Å². The number of amides is 1. The summed E-state index contributed by atoms with van der Waals surface area (Å²) in [5.41, 5.74) is 8.49. The number of aryl methyl sites for hydroxylation is 1. The van der Waals surface area contributed by atoms with E-state index in [2.05, 4.69) is 10.3 Å². The minimum Gasteiger partial charge on any atom is -0.324 e. The van der Waals surface area contributed by atoms with Crippen molar-refractivity contribution < 1.29 is 4.79 Å². The number of hydrogen-bond acceptors (Lipinski definition) is 3. The van der Waals surface area contributed by atoms with Crippen LogP contribution in [0.5, 0.6) is 0 Å². The molecule has 0 spiro atoms. The summed E-state index contributed by atoms with van der Waals surface area (Å²) in [7, 11) is 0. The highest BCUT2D eigenvalue weighted by molar-refractivity contribution is 5.91. The normalized spacial score (nSPS) is 11.9. The molecule has 0 radical (unpaired) electrons. The van der Waals surface area contributed by atoms with Gasteiger partial charge in [0.2, 0.25) is 5.91 Å². The zero-order valence-electron chi connectivity index (χ0n) is 10.8. The first kappa shape index (κ1) is 13.2. The first-order valence-electron chi connectivity index (χ1n) is 6.19. The van der Waals surface area contributed by atoms with Gasteiger partial charge in [-0.1, -0.05) is 30.3 Å². The van der Waals surface area contributed by atoms with Gasteiger partial charge >= 0.3 is 0 Å². The molecule has 98 valence electrons. The molecule has 0 aliphatic carbocycles. The van der Waals surface area contributed by atoms with Crippen LogP contribution in [0.25, 0.3) is 0 Å². The largest absolute Gasteiger partial charge is 0.324 e. The number of rotatable bonds is 4. The number of aromatic nitrogens is 1. The van der Waals surface area contributed by atoms with Gasteiger partial charge in [-0.3, -0.25) is 9.78 Å². The van der Waals surface area contributed by atoms with Crippen LogP contribution < -0.4 is 11.1 Å². The molecule has 1 aromatic carbocycles. The van der Waals surface area contributed by atoms with Crippen molar-refractivity contribution in [3.05, 3.63) is 59.9 Å². The van der Waals surface area contributed by atoms with Gasteiger partial charge < -0.3 is 11.1 Å². The Labute approximate surface area is 112 Å². The number of pyridine rings is 1. The highest BCUT2D eigenvalue weighted by Crippen LogP contribution is 2.16. The highest BCUT2D eigenvalue weighted by atomic mass is 16.1. The lowest BCUT2D eigenvalue weighted by Gasteiger charge is -2.12. The second-order valence-electron chi connectivity index (χ2n) is 4.41. The zero-order chi connectivity index (χ0) is 13.7. The van der Waals surface area contributed by atoms with Gasteiger partial charge in [0, 0.05) is 18.7 Å². The number of carbonyl (C=O) groups excluding carboxylic acids is 1. The summed E-state index contributed by atoms with van der Waals surface area (Å²) in [5, 5.41) is 2.83. The fourth-order valence-electron chi connectivity index (χ4n) is 1.84. The molecule has 1 heterocycles. The topological polar surface area (TPSA) is 68.0 Å². The first-order valence-corrected chi connectivity index (χ1v) is 6.19. The summed E-state index contributed by atoms with van der Waals surface area (Å²) >= 11 is 0. The molecule has 1 unspecified atom stereocenters. The summed E-state index contributed by atoms with van der Waals surface area (Å²) in [4.78, 5) is 16.1. The van der Waals surface area contributed by atoms with Gasteiger partial charge in [0.15, 0.2) is 0 Å². The maximum absolute atomic E-state index is 11.9. The molecule has 0 bridgehead atoms. The summed E-state index contributed by atoms with van der Waals surface area (Å²) < 4.78 is 0. The molecule has 4 nitrogen and oxygen atoms in total. The summed E-state index contributed by atoms with van der Waals surface area (Å²) in [6.07, 6.45) is 1.94. The highest BCUT2D eigenvalue weighted by Gasteiger charge is 2.12. The fourth-order valence-corrected chi connectivity index (χ4v) is 1.84. The molecule has 0 saturated heterocycles. The average Bonchev–Trinajstić information content (AvgIpc) is 2.42. The monoisotopic (exact) mass is 255 g/mol. The Balaban J connectivity index is 1.97. The molecule has 2 aromatic rings. The van der Waals surface area contributed by atoms with E-state index in [0.717, 1.165) is 16.9 Å². The van der Waals surface area contributed by atoms with E-state index in [1.807, 2.05) is 43.3 Å². The molecule has 1 amide bonds.